The maximum absolute atomic E-state index is 13.1. The largest absolute Gasteiger partial charge is 0.417 e. The lowest BCUT2D eigenvalue weighted by atomic mass is 10.1. The lowest BCUT2D eigenvalue weighted by Crippen LogP contribution is -2.10. The number of nitrogens with zero attached hydrogens (tertiary/aromatic N) is 2. The van der Waals surface area contributed by atoms with Crippen LogP contribution in [0.15, 0.2) is 48.1 Å². The number of thiazole rings is 1. The van der Waals surface area contributed by atoms with Crippen LogP contribution in [0.5, 0.6) is 0 Å². The Morgan fingerprint density at radius 3 is 2.46 bits per heavy atom. The molecule has 122 valence electrons. The van der Waals surface area contributed by atoms with E-state index in [1.807, 2.05) is 0 Å². The fraction of sp³-hybridized carbons (Fsp3) is 0.0625. The molecule has 0 bridgehead atoms. The van der Waals surface area contributed by atoms with Gasteiger partial charge >= 0.3 is 6.18 Å². The van der Waals surface area contributed by atoms with Crippen molar-refractivity contribution in [3.63, 3.8) is 0 Å². The van der Waals surface area contributed by atoms with Crippen molar-refractivity contribution in [3.05, 3.63) is 59.2 Å². The average molecular weight is 349 g/mol. The van der Waals surface area contributed by atoms with E-state index in [4.69, 9.17) is 5.73 Å². The van der Waals surface area contributed by atoms with Crippen molar-refractivity contribution in [2.75, 3.05) is 0 Å². The Kier molecular flexibility index (Phi) is 4.06. The Morgan fingerprint density at radius 2 is 1.83 bits per heavy atom. The minimum absolute atomic E-state index is 0.0602. The van der Waals surface area contributed by atoms with Gasteiger partial charge < -0.3 is 5.73 Å². The van der Waals surface area contributed by atoms with Gasteiger partial charge in [-0.05, 0) is 18.2 Å². The van der Waals surface area contributed by atoms with Crippen molar-refractivity contribution in [1.29, 1.82) is 0 Å². The molecule has 0 radical (unpaired) electrons. The van der Waals surface area contributed by atoms with Crippen LogP contribution in [0.3, 0.4) is 0 Å². The molecule has 0 fully saturated rings. The summed E-state index contributed by atoms with van der Waals surface area (Å²) in [4.78, 5) is 19.1. The van der Waals surface area contributed by atoms with Crippen LogP contribution in [0.4, 0.5) is 13.2 Å². The van der Waals surface area contributed by atoms with E-state index in [0.29, 0.717) is 16.8 Å². The lowest BCUT2D eigenvalue weighted by molar-refractivity contribution is -0.137. The summed E-state index contributed by atoms with van der Waals surface area (Å²) in [6.07, 6.45) is -2.22. The zero-order chi connectivity index (χ0) is 17.3. The number of carbonyl (C=O) groups is 1. The van der Waals surface area contributed by atoms with E-state index < -0.39 is 17.6 Å². The first-order valence-electron chi connectivity index (χ1n) is 6.73. The Balaban J connectivity index is 1.99. The van der Waals surface area contributed by atoms with Crippen molar-refractivity contribution in [2.24, 2.45) is 5.73 Å². The quantitative estimate of drug-likeness (QED) is 0.777. The molecule has 4 nitrogen and oxygen atoms in total. The number of alkyl halides is 3. The number of pyridine rings is 1. The Morgan fingerprint density at radius 1 is 1.12 bits per heavy atom. The summed E-state index contributed by atoms with van der Waals surface area (Å²) < 4.78 is 39.3. The van der Waals surface area contributed by atoms with E-state index in [-0.39, 0.29) is 10.6 Å². The van der Waals surface area contributed by atoms with Gasteiger partial charge in [0.2, 0.25) is 5.91 Å². The normalized spacial score (nSPS) is 11.5. The van der Waals surface area contributed by atoms with Gasteiger partial charge in [-0.3, -0.25) is 9.78 Å². The van der Waals surface area contributed by atoms with E-state index in [1.165, 1.54) is 0 Å². The number of nitrogens with two attached hydrogens (primary N) is 1. The highest BCUT2D eigenvalue weighted by atomic mass is 32.1. The van der Waals surface area contributed by atoms with Crippen LogP contribution in [0.2, 0.25) is 0 Å². The fourth-order valence-electron chi connectivity index (χ4n) is 2.15. The van der Waals surface area contributed by atoms with E-state index >= 15 is 0 Å². The summed E-state index contributed by atoms with van der Waals surface area (Å²) in [5, 5.41) is 1.88. The maximum Gasteiger partial charge on any atom is 0.417 e. The first-order valence-corrected chi connectivity index (χ1v) is 7.61. The molecule has 0 atom stereocenters. The summed E-state index contributed by atoms with van der Waals surface area (Å²) >= 11 is 1.10. The summed E-state index contributed by atoms with van der Waals surface area (Å²) in [5.74, 6) is -0.550. The number of hydrogen-bond donors (Lipinski definition) is 1. The monoisotopic (exact) mass is 349 g/mol. The molecule has 8 heteroatoms. The van der Waals surface area contributed by atoms with Crippen molar-refractivity contribution >= 4 is 17.2 Å². The van der Waals surface area contributed by atoms with Crippen molar-refractivity contribution < 1.29 is 18.0 Å². The van der Waals surface area contributed by atoms with Crippen LogP contribution in [-0.4, -0.2) is 15.9 Å². The van der Waals surface area contributed by atoms with Crippen LogP contribution >= 0.6 is 11.3 Å². The van der Waals surface area contributed by atoms with Gasteiger partial charge in [-0.1, -0.05) is 12.1 Å². The number of benzene rings is 1. The molecular formula is C16H10F3N3OS. The molecule has 2 aromatic heterocycles. The molecule has 24 heavy (non-hydrogen) atoms. The molecule has 3 aromatic rings. The first-order chi connectivity index (χ1) is 11.4. The summed E-state index contributed by atoms with van der Waals surface area (Å²) in [7, 11) is 0. The number of carbonyl (C=O) groups excluding carboxylic acids is 1. The first kappa shape index (κ1) is 16.1. The minimum Gasteiger partial charge on any atom is -0.366 e. The summed E-state index contributed by atoms with van der Waals surface area (Å²) in [6.45, 7) is 0. The van der Waals surface area contributed by atoms with Gasteiger partial charge in [0.1, 0.15) is 5.01 Å². The van der Waals surface area contributed by atoms with E-state index in [0.717, 1.165) is 29.8 Å². The smallest absolute Gasteiger partial charge is 0.366 e. The maximum atomic E-state index is 13.1. The molecule has 0 saturated heterocycles. The SMILES string of the molecule is NC(=O)c1ccc(-c2csc(-c3cnccc3C(F)(F)F)n2)cc1. The van der Waals surface area contributed by atoms with Crippen molar-refractivity contribution in [3.8, 4) is 21.8 Å². The van der Waals surface area contributed by atoms with Crippen molar-refractivity contribution in [1.82, 2.24) is 9.97 Å². The van der Waals surface area contributed by atoms with E-state index in [1.54, 1.807) is 29.6 Å². The molecule has 0 aliphatic rings. The van der Waals surface area contributed by atoms with Gasteiger partial charge in [-0.2, -0.15) is 13.2 Å². The third kappa shape index (κ3) is 3.13. The molecule has 0 spiro atoms. The molecule has 0 saturated carbocycles. The molecule has 1 amide bonds. The van der Waals surface area contributed by atoms with Crippen LogP contribution in [0.1, 0.15) is 15.9 Å². The zero-order valence-electron chi connectivity index (χ0n) is 12.0. The second kappa shape index (κ2) is 6.04. The third-order valence-electron chi connectivity index (χ3n) is 3.33. The molecule has 3 rings (SSSR count). The van der Waals surface area contributed by atoms with Gasteiger partial charge in [0.05, 0.1) is 11.3 Å². The highest BCUT2D eigenvalue weighted by Crippen LogP contribution is 2.38. The van der Waals surface area contributed by atoms with Crippen molar-refractivity contribution in [2.45, 2.75) is 6.18 Å². The topological polar surface area (TPSA) is 68.9 Å². The van der Waals surface area contributed by atoms with E-state index in [9.17, 15) is 18.0 Å². The number of hydrogen-bond acceptors (Lipinski definition) is 4. The van der Waals surface area contributed by atoms with Gasteiger partial charge in [0.25, 0.3) is 0 Å². The summed E-state index contributed by atoms with van der Waals surface area (Å²) in [6, 6.07) is 7.31. The fourth-order valence-corrected chi connectivity index (χ4v) is 3.00. The third-order valence-corrected chi connectivity index (χ3v) is 4.20. The summed E-state index contributed by atoms with van der Waals surface area (Å²) in [5.41, 5.74) is 5.88. The average Bonchev–Trinajstić information content (AvgIpc) is 3.04. The lowest BCUT2D eigenvalue weighted by Gasteiger charge is -2.09. The highest BCUT2D eigenvalue weighted by Gasteiger charge is 2.34. The predicted octanol–water partition coefficient (Wildman–Crippen LogP) is 3.99. The van der Waals surface area contributed by atoms with E-state index in [2.05, 4.69) is 9.97 Å². The Bertz CT molecular complexity index is 888. The number of rotatable bonds is 3. The zero-order valence-corrected chi connectivity index (χ0v) is 12.9. The van der Waals surface area contributed by atoms with Gasteiger partial charge in [-0.15, -0.1) is 11.3 Å². The predicted molar refractivity (Wildman–Crippen MR) is 84.3 cm³/mol. The molecule has 0 aliphatic heterocycles. The minimum atomic E-state index is -4.48. The van der Waals surface area contributed by atoms with Gasteiger partial charge in [-0.25, -0.2) is 4.98 Å². The van der Waals surface area contributed by atoms with Crippen LogP contribution in [-0.2, 0) is 6.18 Å². The number of halogens is 3. The Labute approximate surface area is 138 Å². The standard InChI is InChI=1S/C16H10F3N3OS/c17-16(18,19)12-5-6-21-7-11(12)15-22-13(8-24-15)9-1-3-10(4-2-9)14(20)23/h1-8H,(H2,20,23). The molecular weight excluding hydrogens is 339 g/mol. The highest BCUT2D eigenvalue weighted by molar-refractivity contribution is 7.13. The molecule has 0 unspecified atom stereocenters. The van der Waals surface area contributed by atoms with Crippen LogP contribution in [0, 0.1) is 0 Å². The van der Waals surface area contributed by atoms with Crippen LogP contribution in [0.25, 0.3) is 21.8 Å². The second-order valence-electron chi connectivity index (χ2n) is 4.90. The Hall–Kier alpha value is -2.74. The molecule has 1 aromatic carbocycles. The number of primary amides is 1. The molecule has 2 N–H and O–H groups in total. The number of amides is 1. The number of aromatic nitrogens is 2. The van der Waals surface area contributed by atoms with Gasteiger partial charge in [0.15, 0.2) is 0 Å². The van der Waals surface area contributed by atoms with Gasteiger partial charge in [0, 0.05) is 34.5 Å². The molecule has 2 heterocycles. The molecule has 0 aliphatic carbocycles. The van der Waals surface area contributed by atoms with Crippen LogP contribution < -0.4 is 5.73 Å². The second-order valence-corrected chi connectivity index (χ2v) is 5.76.